The predicted octanol–water partition coefficient (Wildman–Crippen LogP) is -1.32. The summed E-state index contributed by atoms with van der Waals surface area (Å²) in [5, 5.41) is 53.6. The van der Waals surface area contributed by atoms with Crippen LogP contribution in [0.4, 0.5) is 4.39 Å². The molecule has 0 radical (unpaired) electrons. The van der Waals surface area contributed by atoms with Crippen molar-refractivity contribution < 1.29 is 34.8 Å². The Morgan fingerprint density at radius 2 is 1.91 bits per heavy atom. The molecule has 0 amide bonds. The van der Waals surface area contributed by atoms with E-state index in [1.165, 1.54) is 6.92 Å². The smallest absolute Gasteiger partial charge is 0.332 e. The first-order chi connectivity index (χ1) is 14.9. The summed E-state index contributed by atoms with van der Waals surface area (Å²) in [6, 6.07) is 6.71. The van der Waals surface area contributed by atoms with Gasteiger partial charge in [0.05, 0.1) is 13.2 Å². The van der Waals surface area contributed by atoms with Crippen LogP contribution in [0.2, 0.25) is 0 Å². The van der Waals surface area contributed by atoms with Crippen LogP contribution < -0.4 is 11.2 Å². The molecule has 3 rings (SSSR count). The average Bonchev–Trinajstić information content (AvgIpc) is 2.93. The standard InChI is InChI=1S/C20H26FN3O8/c1-11-3-5-13(6-4-11)8-24(31)19(29)16(26)15(10-25)32-20(19,30)23-9-14(7-12(2)21)17(27)22-18(23)28/h3-6,9,12,15-16,25-26,29-31H,7-8,10H2,1-2H3,(H,22,27,28)/t12?,15-,16-,19-,20-/m1/s1. The van der Waals surface area contributed by atoms with Crippen LogP contribution >= 0.6 is 0 Å². The molecule has 1 fully saturated rings. The second kappa shape index (κ2) is 8.83. The third-order valence-corrected chi connectivity index (χ3v) is 5.43. The molecule has 6 N–H and O–H groups in total. The summed E-state index contributed by atoms with van der Waals surface area (Å²) in [5.41, 5.74) is -4.13. The lowest BCUT2D eigenvalue weighted by Crippen LogP contribution is -2.68. The van der Waals surface area contributed by atoms with Crippen molar-refractivity contribution in [3.63, 3.8) is 0 Å². The molecular formula is C20H26FN3O8. The lowest BCUT2D eigenvalue weighted by Gasteiger charge is -2.42. The highest BCUT2D eigenvalue weighted by atomic mass is 19.1. The third-order valence-electron chi connectivity index (χ3n) is 5.43. The summed E-state index contributed by atoms with van der Waals surface area (Å²) >= 11 is 0. The topological polar surface area (TPSA) is 168 Å². The molecule has 176 valence electrons. The Morgan fingerprint density at radius 1 is 1.28 bits per heavy atom. The fourth-order valence-corrected chi connectivity index (χ4v) is 3.68. The number of halogens is 1. The van der Waals surface area contributed by atoms with Crippen molar-refractivity contribution in [2.45, 2.75) is 56.8 Å². The number of nitrogens with zero attached hydrogens (tertiary/aromatic N) is 2. The van der Waals surface area contributed by atoms with Crippen LogP contribution in [0.3, 0.4) is 0 Å². The zero-order chi connectivity index (χ0) is 23.8. The lowest BCUT2D eigenvalue weighted by molar-refractivity contribution is -0.413. The highest BCUT2D eigenvalue weighted by Crippen LogP contribution is 2.43. The summed E-state index contributed by atoms with van der Waals surface area (Å²) in [6.07, 6.45) is -4.86. The number of hydrogen-bond donors (Lipinski definition) is 6. The van der Waals surface area contributed by atoms with Crippen molar-refractivity contribution in [3.05, 3.63) is 68.0 Å². The third kappa shape index (κ3) is 4.01. The van der Waals surface area contributed by atoms with Crippen molar-refractivity contribution >= 4 is 0 Å². The van der Waals surface area contributed by atoms with Crippen LogP contribution in [0.15, 0.2) is 40.1 Å². The van der Waals surface area contributed by atoms with E-state index in [1.54, 1.807) is 24.3 Å². The minimum Gasteiger partial charge on any atom is -0.394 e. The van der Waals surface area contributed by atoms with E-state index in [4.69, 9.17) is 4.74 Å². The van der Waals surface area contributed by atoms with E-state index in [-0.39, 0.29) is 10.6 Å². The molecule has 1 aromatic heterocycles. The molecule has 1 unspecified atom stereocenters. The highest BCUT2D eigenvalue weighted by Gasteiger charge is 2.70. The largest absolute Gasteiger partial charge is 0.394 e. The van der Waals surface area contributed by atoms with Gasteiger partial charge >= 0.3 is 11.6 Å². The van der Waals surface area contributed by atoms with Crippen LogP contribution in [-0.4, -0.2) is 71.0 Å². The predicted molar refractivity (Wildman–Crippen MR) is 107 cm³/mol. The van der Waals surface area contributed by atoms with E-state index < -0.39 is 60.8 Å². The number of aliphatic hydroxyl groups excluding tert-OH is 2. The first-order valence-corrected chi connectivity index (χ1v) is 9.87. The van der Waals surface area contributed by atoms with Crippen molar-refractivity contribution in [2.24, 2.45) is 0 Å². The fraction of sp³-hybridized carbons (Fsp3) is 0.500. The van der Waals surface area contributed by atoms with Crippen LogP contribution in [0.5, 0.6) is 0 Å². The molecule has 1 aliphatic rings. The van der Waals surface area contributed by atoms with E-state index in [2.05, 4.69) is 0 Å². The highest BCUT2D eigenvalue weighted by molar-refractivity contribution is 5.21. The van der Waals surface area contributed by atoms with Crippen LogP contribution in [-0.2, 0) is 23.6 Å². The summed E-state index contributed by atoms with van der Waals surface area (Å²) in [6.45, 7) is 1.70. The number of rotatable bonds is 7. The molecule has 1 aromatic carbocycles. The zero-order valence-corrected chi connectivity index (χ0v) is 17.5. The average molecular weight is 455 g/mol. The number of ether oxygens (including phenoxy) is 1. The van der Waals surface area contributed by atoms with Gasteiger partial charge < -0.3 is 30.4 Å². The van der Waals surface area contributed by atoms with Gasteiger partial charge in [-0.2, -0.15) is 0 Å². The van der Waals surface area contributed by atoms with Gasteiger partial charge in [0.2, 0.25) is 5.72 Å². The van der Waals surface area contributed by atoms with Gasteiger partial charge in [-0.05, 0) is 19.4 Å². The number of benzene rings is 1. The molecule has 12 heteroatoms. The molecule has 0 saturated carbocycles. The van der Waals surface area contributed by atoms with Gasteiger partial charge in [0.25, 0.3) is 5.56 Å². The molecule has 0 bridgehead atoms. The lowest BCUT2D eigenvalue weighted by atomic mass is 10.00. The molecule has 1 saturated heterocycles. The first kappa shape index (κ1) is 24.2. The van der Waals surface area contributed by atoms with Crippen LogP contribution in [0.25, 0.3) is 0 Å². The molecule has 32 heavy (non-hydrogen) atoms. The summed E-state index contributed by atoms with van der Waals surface area (Å²) in [4.78, 5) is 26.4. The Hall–Kier alpha value is -2.45. The molecular weight excluding hydrogens is 429 g/mol. The van der Waals surface area contributed by atoms with Gasteiger partial charge in [-0.25, -0.2) is 13.8 Å². The van der Waals surface area contributed by atoms with Crippen molar-refractivity contribution in [3.8, 4) is 0 Å². The molecule has 5 atom stereocenters. The van der Waals surface area contributed by atoms with E-state index in [0.29, 0.717) is 10.1 Å². The van der Waals surface area contributed by atoms with Crippen LogP contribution in [0, 0.1) is 6.92 Å². The van der Waals surface area contributed by atoms with Crippen molar-refractivity contribution in [1.29, 1.82) is 0 Å². The summed E-state index contributed by atoms with van der Waals surface area (Å²) < 4.78 is 19.1. The Labute approximate surface area is 181 Å². The minimum absolute atomic E-state index is 0.174. The van der Waals surface area contributed by atoms with Gasteiger partial charge in [0.15, 0.2) is 0 Å². The van der Waals surface area contributed by atoms with Gasteiger partial charge in [0.1, 0.15) is 18.4 Å². The number of hydroxylamine groups is 2. The maximum atomic E-state index is 13.5. The molecule has 2 heterocycles. The van der Waals surface area contributed by atoms with E-state index in [9.17, 15) is 39.6 Å². The fourth-order valence-electron chi connectivity index (χ4n) is 3.68. The number of aryl methyl sites for hydroxylation is 1. The maximum Gasteiger partial charge on any atom is 0.332 e. The number of aromatic nitrogens is 2. The monoisotopic (exact) mass is 455 g/mol. The van der Waals surface area contributed by atoms with Crippen molar-refractivity contribution in [1.82, 2.24) is 14.6 Å². The number of alkyl halides is 1. The summed E-state index contributed by atoms with van der Waals surface area (Å²) in [7, 11) is 0. The molecule has 2 aromatic rings. The Morgan fingerprint density at radius 3 is 2.47 bits per heavy atom. The minimum atomic E-state index is -3.17. The van der Waals surface area contributed by atoms with Gasteiger partial charge in [-0.3, -0.25) is 9.78 Å². The van der Waals surface area contributed by atoms with Gasteiger partial charge in [-0.15, -0.1) is 5.06 Å². The van der Waals surface area contributed by atoms with Crippen LogP contribution in [0.1, 0.15) is 23.6 Å². The van der Waals surface area contributed by atoms with E-state index >= 15 is 0 Å². The quantitative estimate of drug-likeness (QED) is 0.219. The number of nitrogens with one attached hydrogen (secondary N) is 1. The Bertz CT molecular complexity index is 1070. The summed E-state index contributed by atoms with van der Waals surface area (Å²) in [5.74, 6) is -3.17. The van der Waals surface area contributed by atoms with Gasteiger partial charge in [0, 0.05) is 18.2 Å². The second-order valence-corrected chi connectivity index (χ2v) is 7.93. The zero-order valence-electron chi connectivity index (χ0n) is 17.5. The van der Waals surface area contributed by atoms with Gasteiger partial charge in [-0.1, -0.05) is 29.8 Å². The van der Waals surface area contributed by atoms with E-state index in [1.807, 2.05) is 11.9 Å². The molecule has 1 aliphatic heterocycles. The SMILES string of the molecule is Cc1ccc(CN(O)[C@@]2(O)[C@H](O)[C@@H](CO)O[C@@]2(O)n2cc(CC(C)F)c(=O)[nH]c2=O)cc1. The molecule has 11 nitrogen and oxygen atoms in total. The Kier molecular flexibility index (Phi) is 6.67. The normalized spacial score (nSPS) is 28.9. The number of H-pyrrole nitrogens is 1. The first-order valence-electron chi connectivity index (χ1n) is 9.87. The second-order valence-electron chi connectivity index (χ2n) is 7.93. The van der Waals surface area contributed by atoms with Crippen molar-refractivity contribution in [2.75, 3.05) is 6.61 Å². The Balaban J connectivity index is 2.12. The van der Waals surface area contributed by atoms with E-state index in [0.717, 1.165) is 11.8 Å². The molecule has 0 aliphatic carbocycles. The molecule has 0 spiro atoms. The number of aliphatic hydroxyl groups is 4. The number of aromatic amines is 1. The maximum absolute atomic E-state index is 13.5. The number of hydrogen-bond acceptors (Lipinski definition) is 9.